The Labute approximate surface area is 758 Å². The van der Waals surface area contributed by atoms with Crippen LogP contribution in [-0.4, -0.2) is 267 Å². The standard InChI is InChI=1S/C50H65FN4O15.C45H55FN2O13/c1-26-31(65-43(59)37(57)36(35-30(51)17-14-20-52-35)53-44(60)70-46(3,4)5)21-50(62)41(68-42(58)28-15-12-11-13-16-28)39-48(8,19-18-32-49(39,25-64-32)69-27(2)56)40-38(34(26)47(50,6)7)66-33(67-40)24-55-22-29(23-55)54(9)45(61)63-10;1-10-29-57-34-30-23(2)27(56-39(52)33(50)32(31-26(46)17-14-20-47-31)48-40(53)61-41(4,5)6)21-45(54,42(30,7)8)37(59-38(51)25-15-12-11-13-16-25)35-43(9,36(34)58-29)19-18-28-44(35,22-55-28)60-24(3)49/h11-17,20,29,31-33,36-41,57,62H,18-19,21-25H2,1-10H3,(H,53,60);10-17,20,27-29,32-37,50,54H,1,18-19,21-22H2,2-9H3,(H,48,53)/t31-,32+,33+,36-,37+,38+,39-,40+,41-,48+,49-,50+;27-,28+,29+,32-,33+,34+,35-,36+,37-,43+,44-,45+/m00/s1. The Kier molecular flexibility index (Phi) is 26.7. The van der Waals surface area contributed by atoms with Crippen molar-refractivity contribution in [1.29, 1.82) is 0 Å². The number of amides is 3. The third-order valence-corrected chi connectivity index (χ3v) is 28.8. The number of alkyl carbamates (subject to hydrolysis) is 2. The zero-order valence-corrected chi connectivity index (χ0v) is 76.9. The molecule has 0 radical (unpaired) electrons. The minimum absolute atomic E-state index is 0.0705. The smallest absolute Gasteiger partial charge is 0.409 e. The lowest BCUT2D eigenvalue weighted by Crippen LogP contribution is -2.79. The average molecular weight is 1830 g/mol. The quantitative estimate of drug-likeness (QED) is 0.0272. The van der Waals surface area contributed by atoms with Gasteiger partial charge >= 0.3 is 54.1 Å². The lowest BCUT2D eigenvalue weighted by Gasteiger charge is -2.68. The summed E-state index contributed by atoms with van der Waals surface area (Å²) in [6.07, 6.45) is -14.8. The number of aliphatic hydroxyl groups excluding tert-OH is 2. The maximum Gasteiger partial charge on any atom is 0.409 e. The molecule has 4 aromatic rings. The van der Waals surface area contributed by atoms with Crippen molar-refractivity contribution in [2.45, 2.75) is 287 Å². The molecule has 0 unspecified atom stereocenters. The summed E-state index contributed by atoms with van der Waals surface area (Å²) in [6.45, 7) is 31.6. The van der Waals surface area contributed by atoms with E-state index in [4.69, 9.17) is 71.1 Å². The van der Waals surface area contributed by atoms with E-state index in [0.29, 0.717) is 61.1 Å². The molecule has 2 aromatic heterocycles. The first-order valence-electron chi connectivity index (χ1n) is 44.2. The van der Waals surface area contributed by atoms with Gasteiger partial charge in [0.05, 0.1) is 61.5 Å². The van der Waals surface area contributed by atoms with Crippen molar-refractivity contribution in [3.8, 4) is 0 Å². The molecule has 0 spiro atoms. The van der Waals surface area contributed by atoms with Gasteiger partial charge in [0.25, 0.3) is 0 Å². The molecule has 36 heteroatoms. The molecular formula is C95H120F2N6O28. The van der Waals surface area contributed by atoms with E-state index in [0.717, 1.165) is 12.1 Å². The summed E-state index contributed by atoms with van der Waals surface area (Å²) in [5.74, 6) is -9.31. The second-order valence-electron chi connectivity index (χ2n) is 39.8. The molecular weight excluding hydrogens is 1710 g/mol. The number of carbonyl (C=O) groups is 9. The third-order valence-electron chi connectivity index (χ3n) is 28.8. The Balaban J connectivity index is 0.000000213. The average Bonchev–Trinajstić information content (AvgIpc) is 1.66. The summed E-state index contributed by atoms with van der Waals surface area (Å²) in [4.78, 5) is 134. The molecule has 5 aliphatic heterocycles. The second-order valence-corrected chi connectivity index (χ2v) is 39.8. The Morgan fingerprint density at radius 3 is 1.37 bits per heavy atom. The molecule has 712 valence electrons. The highest BCUT2D eigenvalue weighted by molar-refractivity contribution is 5.90. The van der Waals surface area contributed by atoms with Crippen LogP contribution in [0.2, 0.25) is 0 Å². The number of pyridine rings is 2. The van der Waals surface area contributed by atoms with Crippen molar-refractivity contribution in [2.24, 2.45) is 33.5 Å². The van der Waals surface area contributed by atoms with Crippen molar-refractivity contribution in [1.82, 2.24) is 30.4 Å². The van der Waals surface area contributed by atoms with E-state index in [2.05, 4.69) is 32.1 Å². The number of hydrogen-bond acceptors (Lipinski definition) is 31. The molecule has 5 saturated heterocycles. The Morgan fingerprint density at radius 2 is 1.00 bits per heavy atom. The van der Waals surface area contributed by atoms with Crippen LogP contribution in [0.3, 0.4) is 0 Å². The van der Waals surface area contributed by atoms with Crippen LogP contribution in [0.4, 0.5) is 23.2 Å². The highest BCUT2D eigenvalue weighted by Crippen LogP contribution is 2.70. The monoisotopic (exact) mass is 1830 g/mol. The number of likely N-dealkylation sites (N-methyl/N-ethyl adjacent to an activating group) is 1. The maximum absolute atomic E-state index is 15.4. The van der Waals surface area contributed by atoms with E-state index in [1.165, 1.54) is 56.5 Å². The summed E-state index contributed by atoms with van der Waals surface area (Å²) >= 11 is 0. The predicted molar refractivity (Wildman–Crippen MR) is 456 cm³/mol. The normalized spacial score (nSPS) is 33.9. The first-order valence-corrected chi connectivity index (χ1v) is 44.2. The summed E-state index contributed by atoms with van der Waals surface area (Å²) in [5.41, 5.74) is -12.8. The highest BCUT2D eigenvalue weighted by Gasteiger charge is 2.80. The molecule has 11 aliphatic rings. The van der Waals surface area contributed by atoms with Gasteiger partial charge in [0.15, 0.2) is 36.0 Å². The van der Waals surface area contributed by atoms with Gasteiger partial charge in [-0.15, -0.1) is 0 Å². The summed E-state index contributed by atoms with van der Waals surface area (Å²) in [6, 6.07) is 17.5. The lowest BCUT2D eigenvalue weighted by molar-refractivity contribution is -0.345. The molecule has 34 nitrogen and oxygen atoms in total. The number of hydrogen-bond donors (Lipinski definition) is 6. The van der Waals surface area contributed by atoms with Crippen LogP contribution in [0.25, 0.3) is 0 Å². The van der Waals surface area contributed by atoms with E-state index in [9.17, 15) is 63.6 Å². The molecule has 2 aromatic carbocycles. The van der Waals surface area contributed by atoms with Crippen LogP contribution in [0.15, 0.2) is 132 Å². The van der Waals surface area contributed by atoms with Crippen molar-refractivity contribution in [3.05, 3.63) is 166 Å². The molecule has 7 heterocycles. The summed E-state index contributed by atoms with van der Waals surface area (Å²) in [7, 11) is 2.98. The fourth-order valence-corrected chi connectivity index (χ4v) is 22.4. The van der Waals surface area contributed by atoms with Crippen molar-refractivity contribution in [3.63, 3.8) is 0 Å². The first kappa shape index (κ1) is 97.0. The first-order chi connectivity index (χ1) is 61.4. The number of fused-ring (bicyclic) bond motifs is 16. The molecule has 6 N–H and O–H groups in total. The summed E-state index contributed by atoms with van der Waals surface area (Å²) < 4.78 is 124. The van der Waals surface area contributed by atoms with Gasteiger partial charge in [-0.1, -0.05) is 84.5 Å². The molecule has 6 aliphatic carbocycles. The molecule has 4 bridgehead atoms. The fraction of sp³-hybridized carbons (Fsp3) is 0.611. The van der Waals surface area contributed by atoms with E-state index >= 15 is 8.78 Å². The zero-order chi connectivity index (χ0) is 95.3. The number of methoxy groups -OCH3 is 1. The fourth-order valence-electron chi connectivity index (χ4n) is 22.4. The minimum Gasteiger partial charge on any atom is -0.456 e. The van der Waals surface area contributed by atoms with Gasteiger partial charge in [0, 0.05) is 87.4 Å². The number of aromatic nitrogens is 2. The zero-order valence-electron chi connectivity index (χ0n) is 76.9. The number of halogens is 2. The van der Waals surface area contributed by atoms with Crippen molar-refractivity contribution >= 4 is 54.1 Å². The maximum atomic E-state index is 15.4. The molecule has 4 saturated carbocycles. The molecule has 131 heavy (non-hydrogen) atoms. The number of nitrogens with zero attached hydrogens (tertiary/aromatic N) is 4. The number of benzene rings is 2. The van der Waals surface area contributed by atoms with Crippen LogP contribution in [0.1, 0.15) is 193 Å². The third kappa shape index (κ3) is 17.6. The highest BCUT2D eigenvalue weighted by atomic mass is 19.1. The van der Waals surface area contributed by atoms with Crippen LogP contribution in [0, 0.1) is 45.1 Å². The number of ether oxygens (including phenoxy) is 15. The lowest BCUT2D eigenvalue weighted by atomic mass is 9.45. The van der Waals surface area contributed by atoms with E-state index < -0.39 is 255 Å². The SMILES string of the molecule is C=C[C@@H]1O[C@@H]2C3=C(C)[C@@H](OC(=O)[C@H](O)[C@@H](NC(=O)OC(C)(C)C)c4ncccc4F)C[C@@](O)([C@@H](OC(=O)c4ccccc4)[C@H]4[C@@](C)(CC[C@H]5OC[C@]54OC(C)=O)[C@@H]2O1)C3(C)C.COC(=O)N(C)C1CN(C[C@@H]2O[C@@H]3C4=C(C)[C@@H](OC(=O)[C@H](O)[C@@H](NC(=O)OC(C)(C)C)c5ncccc5F)C[C@@](O)([C@@H](OC(=O)c5ccccc5)[C@H]5[C@@](C)(CC[C@H]6OC[C@]65OC(C)=O)[C@@H]3O2)C4(C)C)C1. The molecule has 9 fully saturated rings. The Morgan fingerprint density at radius 1 is 0.595 bits per heavy atom. The number of likely N-dealkylation sites (tertiary alicyclic amines) is 1. The van der Waals surface area contributed by atoms with Gasteiger partial charge in [-0.3, -0.25) is 24.5 Å². The van der Waals surface area contributed by atoms with Crippen LogP contribution in [-0.2, 0) is 90.2 Å². The number of rotatable bonds is 20. The van der Waals surface area contributed by atoms with Gasteiger partial charge in [0.2, 0.25) is 0 Å². The number of carbonyl (C=O) groups excluding carboxylic acids is 9. The van der Waals surface area contributed by atoms with Gasteiger partial charge < -0.3 is 107 Å². The minimum atomic E-state index is -2.28. The Hall–Kier alpha value is -9.99. The van der Waals surface area contributed by atoms with E-state index in [1.807, 2.05) is 13.8 Å². The van der Waals surface area contributed by atoms with Crippen molar-refractivity contribution < 1.29 is 143 Å². The van der Waals surface area contributed by atoms with Gasteiger partial charge in [-0.25, -0.2) is 42.3 Å². The topological polar surface area (TPSA) is 429 Å². The Bertz CT molecular complexity index is 5120. The van der Waals surface area contributed by atoms with Crippen LogP contribution >= 0.6 is 0 Å². The largest absolute Gasteiger partial charge is 0.456 e. The van der Waals surface area contributed by atoms with E-state index in [1.54, 1.807) is 151 Å². The van der Waals surface area contributed by atoms with Gasteiger partial charge in [-0.2, -0.15) is 0 Å². The van der Waals surface area contributed by atoms with Crippen LogP contribution in [0.5, 0.6) is 0 Å². The number of aliphatic hydroxyl groups is 4. The predicted octanol–water partition coefficient (Wildman–Crippen LogP) is 9.57. The van der Waals surface area contributed by atoms with Gasteiger partial charge in [0.1, 0.15) is 106 Å². The number of nitrogens with one attached hydrogen (secondary N) is 2. The number of esters is 6. The summed E-state index contributed by atoms with van der Waals surface area (Å²) in [5, 5.41) is 56.0. The molecule has 24 atom stereocenters. The van der Waals surface area contributed by atoms with Crippen LogP contribution < -0.4 is 10.6 Å². The molecule has 15 rings (SSSR count). The molecule has 3 amide bonds. The second kappa shape index (κ2) is 36.1. The van der Waals surface area contributed by atoms with Crippen molar-refractivity contribution in [2.75, 3.05) is 47.0 Å². The van der Waals surface area contributed by atoms with E-state index in [-0.39, 0.29) is 36.9 Å². The van der Waals surface area contributed by atoms with Gasteiger partial charge in [-0.05, 0) is 158 Å².